The highest BCUT2D eigenvalue weighted by molar-refractivity contribution is 7.99. The van der Waals surface area contributed by atoms with Crippen LogP contribution in [0.3, 0.4) is 0 Å². The number of pyridine rings is 1. The first-order chi connectivity index (χ1) is 15.9. The summed E-state index contributed by atoms with van der Waals surface area (Å²) in [6, 6.07) is 11.2. The lowest BCUT2D eigenvalue weighted by atomic mass is 10.1. The molecule has 5 nitrogen and oxygen atoms in total. The zero-order valence-corrected chi connectivity index (χ0v) is 18.9. The molecule has 1 aliphatic rings. The van der Waals surface area contributed by atoms with Gasteiger partial charge in [-0.15, -0.1) is 0 Å². The minimum atomic E-state index is -4.38. The van der Waals surface area contributed by atoms with Gasteiger partial charge in [-0.2, -0.15) is 24.9 Å². The molecule has 1 aromatic carbocycles. The van der Waals surface area contributed by atoms with Crippen molar-refractivity contribution in [3.8, 4) is 0 Å². The van der Waals surface area contributed by atoms with E-state index in [1.54, 1.807) is 30.6 Å². The second kappa shape index (κ2) is 10.3. The van der Waals surface area contributed by atoms with Gasteiger partial charge in [0.1, 0.15) is 6.54 Å². The molecular weight excluding hydrogens is 447 g/mol. The molecule has 33 heavy (non-hydrogen) atoms. The third-order valence-electron chi connectivity index (χ3n) is 5.59. The zero-order valence-electron chi connectivity index (χ0n) is 18.1. The summed E-state index contributed by atoms with van der Waals surface area (Å²) in [7, 11) is 0. The molecule has 0 spiro atoms. The van der Waals surface area contributed by atoms with Gasteiger partial charge in [0.2, 0.25) is 0 Å². The lowest BCUT2D eigenvalue weighted by Gasteiger charge is -2.24. The third-order valence-corrected chi connectivity index (χ3v) is 6.64. The Hall–Kier alpha value is -2.94. The fourth-order valence-electron chi connectivity index (χ4n) is 3.99. The van der Waals surface area contributed by atoms with E-state index in [1.807, 2.05) is 30.0 Å². The van der Waals surface area contributed by atoms with Gasteiger partial charge >= 0.3 is 6.18 Å². The number of fused-ring (bicyclic) bond motifs is 1. The summed E-state index contributed by atoms with van der Waals surface area (Å²) in [5, 5.41) is 4.30. The summed E-state index contributed by atoms with van der Waals surface area (Å²) < 4.78 is 41.8. The fourth-order valence-corrected chi connectivity index (χ4v) is 5.10. The number of allylic oxidation sites excluding steroid dienone is 1. The lowest BCUT2D eigenvalue weighted by Crippen LogP contribution is -2.24. The van der Waals surface area contributed by atoms with Crippen LogP contribution < -0.4 is 11.1 Å². The van der Waals surface area contributed by atoms with Crippen molar-refractivity contribution in [2.24, 2.45) is 10.7 Å². The zero-order chi connectivity index (χ0) is 23.3. The number of halogens is 3. The van der Waals surface area contributed by atoms with Crippen molar-refractivity contribution >= 4 is 40.1 Å². The Bertz CT molecular complexity index is 1130. The fraction of sp³-hybridized carbons (Fsp3) is 0.333. The number of aromatic nitrogens is 2. The van der Waals surface area contributed by atoms with Crippen LogP contribution in [-0.2, 0) is 13.1 Å². The maximum atomic E-state index is 13.5. The summed E-state index contributed by atoms with van der Waals surface area (Å²) in [6.07, 6.45) is 3.88. The molecular formula is C24H26F3N5S. The maximum Gasteiger partial charge on any atom is 0.406 e. The molecule has 3 heterocycles. The van der Waals surface area contributed by atoms with Gasteiger partial charge in [0.25, 0.3) is 0 Å². The van der Waals surface area contributed by atoms with Gasteiger partial charge in [0, 0.05) is 47.5 Å². The first-order valence-corrected chi connectivity index (χ1v) is 11.9. The van der Waals surface area contributed by atoms with Crippen LogP contribution in [0.1, 0.15) is 24.1 Å². The highest BCUT2D eigenvalue weighted by Crippen LogP contribution is 2.34. The van der Waals surface area contributed by atoms with Gasteiger partial charge in [-0.25, -0.2) is 0 Å². The number of anilines is 1. The van der Waals surface area contributed by atoms with Crippen LogP contribution in [0.4, 0.5) is 18.9 Å². The number of rotatable bonds is 7. The van der Waals surface area contributed by atoms with Gasteiger partial charge < -0.3 is 15.6 Å². The Labute approximate surface area is 195 Å². The van der Waals surface area contributed by atoms with Gasteiger partial charge in [-0.1, -0.05) is 6.07 Å². The smallest absolute Gasteiger partial charge is 0.404 e. The van der Waals surface area contributed by atoms with Crippen molar-refractivity contribution in [1.29, 1.82) is 0 Å². The molecule has 1 fully saturated rings. The second-order valence-electron chi connectivity index (χ2n) is 7.95. The summed E-state index contributed by atoms with van der Waals surface area (Å²) >= 11 is 1.93. The maximum absolute atomic E-state index is 13.5. The minimum absolute atomic E-state index is 0.317. The number of nitrogens with one attached hydrogen (secondary N) is 1. The number of thioether (sulfide) groups is 1. The van der Waals surface area contributed by atoms with E-state index in [2.05, 4.69) is 15.3 Å². The van der Waals surface area contributed by atoms with E-state index in [0.29, 0.717) is 29.4 Å². The van der Waals surface area contributed by atoms with E-state index in [0.717, 1.165) is 41.0 Å². The highest BCUT2D eigenvalue weighted by atomic mass is 32.2. The van der Waals surface area contributed by atoms with Crippen molar-refractivity contribution in [1.82, 2.24) is 9.55 Å². The van der Waals surface area contributed by atoms with Crippen LogP contribution in [-0.4, -0.2) is 39.5 Å². The molecule has 1 aliphatic heterocycles. The van der Waals surface area contributed by atoms with Crippen LogP contribution in [0.15, 0.2) is 60.0 Å². The van der Waals surface area contributed by atoms with Gasteiger partial charge in [0.05, 0.1) is 17.8 Å². The number of nitrogens with two attached hydrogens (primary N) is 1. The van der Waals surface area contributed by atoms with Crippen LogP contribution in [0.5, 0.6) is 0 Å². The molecule has 0 radical (unpaired) electrons. The first-order valence-electron chi connectivity index (χ1n) is 10.8. The van der Waals surface area contributed by atoms with E-state index in [1.165, 1.54) is 17.0 Å². The van der Waals surface area contributed by atoms with Gasteiger partial charge in [-0.3, -0.25) is 9.98 Å². The molecule has 2 aromatic heterocycles. The molecule has 0 aliphatic carbocycles. The third kappa shape index (κ3) is 5.90. The van der Waals surface area contributed by atoms with E-state index in [9.17, 15) is 13.2 Å². The average Bonchev–Trinajstić information content (AvgIpc) is 3.16. The Balaban J connectivity index is 1.70. The Kier molecular flexibility index (Phi) is 7.27. The molecule has 0 atom stereocenters. The Morgan fingerprint density at radius 1 is 1.21 bits per heavy atom. The predicted molar refractivity (Wildman–Crippen MR) is 131 cm³/mol. The van der Waals surface area contributed by atoms with Gasteiger partial charge in [-0.05, 0) is 60.2 Å². The van der Waals surface area contributed by atoms with E-state index < -0.39 is 12.7 Å². The number of alkyl halides is 3. The standard InChI is InChI=1S/C24H26F3N5S/c25-24(26,27)16-32-22-3-1-2-21(31-19-6-10-33-11-7-19)20(22)12-23(32)18(13-28)15-30-14-17-4-8-29-9-5-17/h1-5,8-9,12-13,15,19,31H,6-7,10-11,14,16,28H2/b18-13+,30-15?. The Morgan fingerprint density at radius 2 is 1.97 bits per heavy atom. The molecule has 0 amide bonds. The van der Waals surface area contributed by atoms with Crippen molar-refractivity contribution in [2.45, 2.75) is 38.1 Å². The van der Waals surface area contributed by atoms with Crippen molar-refractivity contribution in [2.75, 3.05) is 16.8 Å². The van der Waals surface area contributed by atoms with E-state index in [4.69, 9.17) is 5.73 Å². The summed E-state index contributed by atoms with van der Waals surface area (Å²) in [5.41, 5.74) is 8.98. The predicted octanol–water partition coefficient (Wildman–Crippen LogP) is 5.48. The molecule has 174 valence electrons. The number of benzene rings is 1. The van der Waals surface area contributed by atoms with E-state index in [-0.39, 0.29) is 0 Å². The molecule has 0 unspecified atom stereocenters. The van der Waals surface area contributed by atoms with Crippen LogP contribution in [0.25, 0.3) is 16.5 Å². The minimum Gasteiger partial charge on any atom is -0.404 e. The summed E-state index contributed by atoms with van der Waals surface area (Å²) in [4.78, 5) is 8.37. The summed E-state index contributed by atoms with van der Waals surface area (Å²) in [6.45, 7) is -0.725. The molecule has 0 bridgehead atoms. The SMILES string of the molecule is N/C=C(\C=NCc1ccncc1)c1cc2c(NC3CCSCC3)cccc2n1CC(F)(F)F. The molecule has 3 N–H and O–H groups in total. The van der Waals surface area contributed by atoms with E-state index >= 15 is 0 Å². The summed E-state index contributed by atoms with van der Waals surface area (Å²) in [5.74, 6) is 2.17. The largest absolute Gasteiger partial charge is 0.406 e. The van der Waals surface area contributed by atoms with Crippen molar-refractivity contribution in [3.63, 3.8) is 0 Å². The number of hydrogen-bond donors (Lipinski definition) is 2. The van der Waals surface area contributed by atoms with Crippen LogP contribution >= 0.6 is 11.8 Å². The topological polar surface area (TPSA) is 68.2 Å². The first kappa shape index (κ1) is 23.2. The Morgan fingerprint density at radius 3 is 2.67 bits per heavy atom. The lowest BCUT2D eigenvalue weighted by molar-refractivity contribution is -0.140. The van der Waals surface area contributed by atoms with Crippen molar-refractivity contribution in [3.05, 3.63) is 66.2 Å². The van der Waals surface area contributed by atoms with Gasteiger partial charge in [0.15, 0.2) is 0 Å². The molecule has 9 heteroatoms. The second-order valence-corrected chi connectivity index (χ2v) is 9.17. The molecule has 4 rings (SSSR count). The monoisotopic (exact) mass is 473 g/mol. The number of aliphatic imine (C=N–C) groups is 1. The number of nitrogens with zero attached hydrogens (tertiary/aromatic N) is 3. The normalized spacial score (nSPS) is 16.0. The average molecular weight is 474 g/mol. The highest BCUT2D eigenvalue weighted by Gasteiger charge is 2.30. The van der Waals surface area contributed by atoms with Crippen LogP contribution in [0.2, 0.25) is 0 Å². The quantitative estimate of drug-likeness (QED) is 0.446. The molecule has 1 saturated heterocycles. The van der Waals surface area contributed by atoms with Crippen LogP contribution in [0, 0.1) is 0 Å². The molecule has 0 saturated carbocycles. The molecule has 3 aromatic rings. The number of hydrogen-bond acceptors (Lipinski definition) is 5. The van der Waals surface area contributed by atoms with Crippen molar-refractivity contribution < 1.29 is 13.2 Å².